The number of carbonyl (C=O) groups is 1. The minimum absolute atomic E-state index is 0.251. The van der Waals surface area contributed by atoms with Gasteiger partial charge in [0.1, 0.15) is 23.8 Å². The van der Waals surface area contributed by atoms with Crippen molar-refractivity contribution in [3.8, 4) is 17.2 Å². The van der Waals surface area contributed by atoms with Gasteiger partial charge in [0.15, 0.2) is 11.2 Å². The van der Waals surface area contributed by atoms with Crippen molar-refractivity contribution in [2.24, 2.45) is 14.1 Å². The molecule has 0 radical (unpaired) electrons. The fourth-order valence-electron chi connectivity index (χ4n) is 3.39. The van der Waals surface area contributed by atoms with Crippen LogP contribution in [0, 0.1) is 0 Å². The van der Waals surface area contributed by atoms with E-state index in [1.54, 1.807) is 43.4 Å². The number of aryl methyl sites for hydroxylation is 2. The third-order valence-corrected chi connectivity index (χ3v) is 5.01. The Morgan fingerprint density at radius 3 is 2.21 bits per heavy atom. The fourth-order valence-corrected chi connectivity index (χ4v) is 3.39. The Hall–Kier alpha value is -4.34. The summed E-state index contributed by atoms with van der Waals surface area (Å²) < 4.78 is 14.9. The summed E-state index contributed by atoms with van der Waals surface area (Å²) >= 11 is 0. The summed E-state index contributed by atoms with van der Waals surface area (Å²) in [5.41, 5.74) is -0.152. The molecule has 0 aliphatic carbocycles. The number of aromatic nitrogens is 4. The van der Waals surface area contributed by atoms with E-state index in [9.17, 15) is 14.4 Å². The highest BCUT2D eigenvalue weighted by molar-refractivity contribution is 5.90. The van der Waals surface area contributed by atoms with Crippen LogP contribution in [0.3, 0.4) is 0 Å². The van der Waals surface area contributed by atoms with Crippen molar-refractivity contribution >= 4 is 22.8 Å². The molecule has 0 fully saturated rings. The zero-order valence-corrected chi connectivity index (χ0v) is 18.4. The summed E-state index contributed by atoms with van der Waals surface area (Å²) in [6.07, 6.45) is 1.45. The number of nitrogens with zero attached hydrogens (tertiary/aromatic N) is 4. The second kappa shape index (κ2) is 9.03. The highest BCUT2D eigenvalue weighted by Gasteiger charge is 2.17. The third kappa shape index (κ3) is 4.49. The van der Waals surface area contributed by atoms with Gasteiger partial charge in [0, 0.05) is 19.8 Å². The molecule has 1 N–H and O–H groups in total. The average molecular weight is 449 g/mol. The van der Waals surface area contributed by atoms with Gasteiger partial charge in [-0.1, -0.05) is 0 Å². The van der Waals surface area contributed by atoms with Gasteiger partial charge in [-0.25, -0.2) is 14.3 Å². The second-order valence-electron chi connectivity index (χ2n) is 7.34. The molecule has 0 bridgehead atoms. The molecule has 0 aliphatic heterocycles. The van der Waals surface area contributed by atoms with E-state index in [4.69, 9.17) is 9.47 Å². The molecular formula is C23H23N5O5. The molecule has 2 aromatic carbocycles. The molecule has 170 valence electrons. The maximum absolute atomic E-state index is 12.7. The summed E-state index contributed by atoms with van der Waals surface area (Å²) in [4.78, 5) is 41.9. The van der Waals surface area contributed by atoms with Crippen LogP contribution in [0.25, 0.3) is 11.2 Å². The van der Waals surface area contributed by atoms with Gasteiger partial charge in [-0.05, 0) is 55.5 Å². The summed E-state index contributed by atoms with van der Waals surface area (Å²) in [7, 11) is 3.16. The van der Waals surface area contributed by atoms with Crippen molar-refractivity contribution in [2.75, 3.05) is 11.9 Å². The molecule has 4 aromatic rings. The van der Waals surface area contributed by atoms with Gasteiger partial charge in [0.05, 0.1) is 12.9 Å². The number of imidazole rings is 1. The molecular weight excluding hydrogens is 426 g/mol. The minimum Gasteiger partial charge on any atom is -0.494 e. The number of hydrogen-bond donors (Lipinski definition) is 1. The lowest BCUT2D eigenvalue weighted by atomic mass is 10.3. The highest BCUT2D eigenvalue weighted by Crippen LogP contribution is 2.25. The largest absolute Gasteiger partial charge is 0.494 e. The van der Waals surface area contributed by atoms with Gasteiger partial charge in [0.25, 0.3) is 5.56 Å². The maximum Gasteiger partial charge on any atom is 0.332 e. The number of benzene rings is 2. The number of fused-ring (bicyclic) bond motifs is 1. The molecule has 0 spiro atoms. The Morgan fingerprint density at radius 1 is 0.970 bits per heavy atom. The van der Waals surface area contributed by atoms with Crippen molar-refractivity contribution in [3.63, 3.8) is 0 Å². The Labute approximate surface area is 188 Å². The van der Waals surface area contributed by atoms with Gasteiger partial charge >= 0.3 is 5.69 Å². The van der Waals surface area contributed by atoms with Crippen LogP contribution in [0.2, 0.25) is 0 Å². The van der Waals surface area contributed by atoms with Crippen LogP contribution in [-0.2, 0) is 25.4 Å². The molecule has 0 saturated carbocycles. The van der Waals surface area contributed by atoms with Crippen molar-refractivity contribution in [2.45, 2.75) is 13.5 Å². The third-order valence-electron chi connectivity index (χ3n) is 5.01. The van der Waals surface area contributed by atoms with Crippen LogP contribution >= 0.6 is 0 Å². The lowest BCUT2D eigenvalue weighted by molar-refractivity contribution is -0.116. The molecule has 0 saturated heterocycles. The average Bonchev–Trinajstić information content (AvgIpc) is 3.20. The van der Waals surface area contributed by atoms with Crippen LogP contribution in [0.15, 0.2) is 64.4 Å². The second-order valence-corrected chi connectivity index (χ2v) is 7.34. The van der Waals surface area contributed by atoms with Gasteiger partial charge < -0.3 is 19.4 Å². The Balaban J connectivity index is 1.45. The van der Waals surface area contributed by atoms with Crippen LogP contribution in [0.1, 0.15) is 6.92 Å². The predicted octanol–water partition coefficient (Wildman–Crippen LogP) is 2.26. The zero-order chi connectivity index (χ0) is 23.5. The normalized spacial score (nSPS) is 10.9. The van der Waals surface area contributed by atoms with Crippen molar-refractivity contribution < 1.29 is 14.3 Å². The Bertz CT molecular complexity index is 1420. The first-order valence-electron chi connectivity index (χ1n) is 10.3. The minimum atomic E-state index is -0.611. The number of amides is 1. The first kappa shape index (κ1) is 21.9. The monoisotopic (exact) mass is 449 g/mol. The van der Waals surface area contributed by atoms with E-state index in [0.29, 0.717) is 23.8 Å². The van der Waals surface area contributed by atoms with E-state index in [2.05, 4.69) is 10.3 Å². The molecule has 33 heavy (non-hydrogen) atoms. The van der Waals surface area contributed by atoms with Gasteiger partial charge in [-0.3, -0.25) is 14.2 Å². The molecule has 0 unspecified atom stereocenters. The van der Waals surface area contributed by atoms with Crippen LogP contribution in [0.5, 0.6) is 17.2 Å². The van der Waals surface area contributed by atoms with Gasteiger partial charge in [-0.15, -0.1) is 0 Å². The summed E-state index contributed by atoms with van der Waals surface area (Å²) in [5.74, 6) is 1.50. The number of rotatable bonds is 7. The van der Waals surface area contributed by atoms with Crippen molar-refractivity contribution in [3.05, 3.63) is 75.7 Å². The molecule has 2 aromatic heterocycles. The first-order chi connectivity index (χ1) is 15.9. The number of anilines is 1. The van der Waals surface area contributed by atoms with Crippen molar-refractivity contribution in [1.82, 2.24) is 18.7 Å². The van der Waals surface area contributed by atoms with Crippen LogP contribution < -0.4 is 26.0 Å². The lowest BCUT2D eigenvalue weighted by Gasteiger charge is -2.10. The highest BCUT2D eigenvalue weighted by atomic mass is 16.5. The van der Waals surface area contributed by atoms with E-state index >= 15 is 0 Å². The van der Waals surface area contributed by atoms with Gasteiger partial charge in [-0.2, -0.15) is 0 Å². The molecule has 4 rings (SSSR count). The van der Waals surface area contributed by atoms with Crippen LogP contribution in [-0.4, -0.2) is 31.2 Å². The van der Waals surface area contributed by atoms with E-state index in [0.717, 1.165) is 10.3 Å². The topological polar surface area (TPSA) is 109 Å². The summed E-state index contributed by atoms with van der Waals surface area (Å²) in [5, 5.41) is 2.69. The zero-order valence-electron chi connectivity index (χ0n) is 18.4. The van der Waals surface area contributed by atoms with E-state index in [1.807, 2.05) is 19.1 Å². The summed E-state index contributed by atoms with van der Waals surface area (Å²) in [6, 6.07) is 14.0. The fraction of sp³-hybridized carbons (Fsp3) is 0.217. The molecule has 0 aliphatic rings. The van der Waals surface area contributed by atoms with E-state index in [1.165, 1.54) is 22.5 Å². The Morgan fingerprint density at radius 2 is 1.58 bits per heavy atom. The molecule has 0 atom stereocenters. The maximum atomic E-state index is 12.7. The number of hydrogen-bond acceptors (Lipinski definition) is 6. The quantitative estimate of drug-likeness (QED) is 0.464. The lowest BCUT2D eigenvalue weighted by Crippen LogP contribution is -2.42. The molecule has 10 heteroatoms. The Kier molecular flexibility index (Phi) is 5.99. The molecule has 2 heterocycles. The molecule has 1 amide bonds. The first-order valence-corrected chi connectivity index (χ1v) is 10.3. The smallest absolute Gasteiger partial charge is 0.332 e. The number of ether oxygens (including phenoxy) is 2. The standard InChI is InChI=1S/C23H23N5O5/c1-4-32-16-9-11-18(12-10-16)33-17-7-5-15(6-8-17)25-19(29)13-28-22(30)20-21(24-14-26(20)2)27(3)23(28)31/h5-12,14H,4,13H2,1-3H3,(H,25,29). The van der Waals surface area contributed by atoms with Crippen molar-refractivity contribution in [1.29, 1.82) is 0 Å². The number of nitrogens with one attached hydrogen (secondary N) is 1. The van der Waals surface area contributed by atoms with E-state index in [-0.39, 0.29) is 11.2 Å². The SMILES string of the molecule is CCOc1ccc(Oc2ccc(NC(=O)Cn3c(=O)c4c(ncn4C)n(C)c3=O)cc2)cc1. The number of carbonyl (C=O) groups excluding carboxylic acids is 1. The van der Waals surface area contributed by atoms with Gasteiger partial charge in [0.2, 0.25) is 5.91 Å². The summed E-state index contributed by atoms with van der Waals surface area (Å²) in [6.45, 7) is 2.09. The van der Waals surface area contributed by atoms with Crippen LogP contribution in [0.4, 0.5) is 5.69 Å². The molecule has 10 nitrogen and oxygen atoms in total. The van der Waals surface area contributed by atoms with E-state index < -0.39 is 23.7 Å². The predicted molar refractivity (Wildman–Crippen MR) is 123 cm³/mol.